The molecule has 2 bridgehead atoms. The summed E-state index contributed by atoms with van der Waals surface area (Å²) >= 11 is 0. The number of hydrogen-bond acceptors (Lipinski definition) is 8. The van der Waals surface area contributed by atoms with E-state index in [1.165, 1.54) is 4.90 Å². The Bertz CT molecular complexity index is 629. The molecule has 144 valence electrons. The average Bonchev–Trinajstić information content (AvgIpc) is 2.79. The van der Waals surface area contributed by atoms with Crippen molar-refractivity contribution in [1.82, 2.24) is 20.8 Å². The molecule has 0 saturated carbocycles. The normalized spacial score (nSPS) is 28.7. The van der Waals surface area contributed by atoms with Gasteiger partial charge in [-0.15, -0.1) is 4.28 Å². The first kappa shape index (κ1) is 21.8. The van der Waals surface area contributed by atoms with Gasteiger partial charge in [-0.05, 0) is 12.8 Å². The van der Waals surface area contributed by atoms with Crippen LogP contribution in [0.4, 0.5) is 4.79 Å². The Balaban J connectivity index is 0.00000243. The van der Waals surface area contributed by atoms with Crippen molar-refractivity contribution in [3.63, 3.8) is 0 Å². The maximum absolute atomic E-state index is 12.3. The van der Waals surface area contributed by atoms with Crippen molar-refractivity contribution >= 4 is 51.9 Å². The summed E-state index contributed by atoms with van der Waals surface area (Å²) in [6.45, 7) is 2.25. The number of rotatable bonds is 6. The summed E-state index contributed by atoms with van der Waals surface area (Å²) < 4.78 is 40.1. The SMILES string of the molecule is O=C(NOCC1CNCCO1)[C@@H]1CC[C@@H]2CN1C(=O)N2OS(=O)(=O)O.[NaH]. The number of morpholine rings is 1. The van der Waals surface area contributed by atoms with E-state index >= 15 is 0 Å². The first-order valence-electron chi connectivity index (χ1n) is 7.86. The Kier molecular flexibility index (Phi) is 7.64. The number of hydroxylamine groups is 3. The van der Waals surface area contributed by atoms with Gasteiger partial charge in [0.05, 0.1) is 18.8 Å². The molecular formula is C12H21N4NaO8S. The summed E-state index contributed by atoms with van der Waals surface area (Å²) in [5, 5.41) is 3.72. The Labute approximate surface area is 172 Å². The predicted octanol–water partition coefficient (Wildman–Crippen LogP) is -2.62. The van der Waals surface area contributed by atoms with Crippen LogP contribution in [0.5, 0.6) is 0 Å². The summed E-state index contributed by atoms with van der Waals surface area (Å²) in [5.74, 6) is -0.510. The Morgan fingerprint density at radius 3 is 2.85 bits per heavy atom. The second-order valence-electron chi connectivity index (χ2n) is 5.98. The summed E-state index contributed by atoms with van der Waals surface area (Å²) in [7, 11) is -4.81. The molecule has 3 fully saturated rings. The molecule has 3 atom stereocenters. The summed E-state index contributed by atoms with van der Waals surface area (Å²) in [4.78, 5) is 30.8. The summed E-state index contributed by atoms with van der Waals surface area (Å²) in [6, 6.07) is -2.13. The topological polar surface area (TPSA) is 147 Å². The molecule has 3 N–H and O–H groups in total. The molecule has 0 spiro atoms. The number of nitrogens with zero attached hydrogens (tertiary/aromatic N) is 2. The molecular weight excluding hydrogens is 383 g/mol. The van der Waals surface area contributed by atoms with Crippen LogP contribution in [0, 0.1) is 0 Å². The van der Waals surface area contributed by atoms with Gasteiger partial charge in [0, 0.05) is 19.6 Å². The molecule has 3 aliphatic heterocycles. The Morgan fingerprint density at radius 1 is 1.42 bits per heavy atom. The monoisotopic (exact) mass is 404 g/mol. The predicted molar refractivity (Wildman–Crippen MR) is 87.2 cm³/mol. The van der Waals surface area contributed by atoms with E-state index < -0.39 is 34.4 Å². The number of piperidine rings is 1. The maximum atomic E-state index is 12.3. The molecule has 26 heavy (non-hydrogen) atoms. The zero-order valence-electron chi connectivity index (χ0n) is 13.3. The Morgan fingerprint density at radius 2 is 2.19 bits per heavy atom. The molecule has 0 aromatic rings. The molecule has 0 aliphatic carbocycles. The molecule has 3 aliphatic rings. The number of nitrogens with one attached hydrogen (secondary N) is 2. The molecule has 0 aromatic carbocycles. The fourth-order valence-electron chi connectivity index (χ4n) is 3.10. The van der Waals surface area contributed by atoms with Crippen LogP contribution in [-0.2, 0) is 29.1 Å². The van der Waals surface area contributed by atoms with E-state index in [0.717, 1.165) is 6.54 Å². The molecule has 3 saturated heterocycles. The fraction of sp³-hybridized carbons (Fsp3) is 0.833. The summed E-state index contributed by atoms with van der Waals surface area (Å²) in [6.07, 6.45) is 0.501. The van der Waals surface area contributed by atoms with Crippen LogP contribution in [-0.4, -0.2) is 115 Å². The van der Waals surface area contributed by atoms with Crippen molar-refractivity contribution in [2.24, 2.45) is 0 Å². The van der Waals surface area contributed by atoms with Gasteiger partial charge in [0.2, 0.25) is 0 Å². The van der Waals surface area contributed by atoms with E-state index in [-0.39, 0.29) is 48.8 Å². The number of hydrogen-bond donors (Lipinski definition) is 3. The van der Waals surface area contributed by atoms with Gasteiger partial charge in [-0.3, -0.25) is 14.2 Å². The van der Waals surface area contributed by atoms with E-state index in [2.05, 4.69) is 15.1 Å². The third kappa shape index (κ3) is 5.27. The van der Waals surface area contributed by atoms with Crippen molar-refractivity contribution in [1.29, 1.82) is 0 Å². The van der Waals surface area contributed by atoms with Gasteiger partial charge >= 0.3 is 46.0 Å². The van der Waals surface area contributed by atoms with Crippen LogP contribution < -0.4 is 10.8 Å². The third-order valence-corrected chi connectivity index (χ3v) is 4.60. The van der Waals surface area contributed by atoms with E-state index in [0.29, 0.717) is 31.1 Å². The number of ether oxygens (including phenoxy) is 1. The Hall–Kier alpha value is -0.510. The zero-order chi connectivity index (χ0) is 18.0. The molecule has 3 amide bonds. The van der Waals surface area contributed by atoms with Crippen molar-refractivity contribution in [2.75, 3.05) is 32.8 Å². The number of fused-ring (bicyclic) bond motifs is 2. The average molecular weight is 404 g/mol. The fourth-order valence-corrected chi connectivity index (χ4v) is 3.49. The van der Waals surface area contributed by atoms with E-state index in [1.54, 1.807) is 0 Å². The van der Waals surface area contributed by atoms with Crippen LogP contribution in [0.15, 0.2) is 0 Å². The zero-order valence-corrected chi connectivity index (χ0v) is 14.1. The van der Waals surface area contributed by atoms with Gasteiger partial charge < -0.3 is 15.0 Å². The second kappa shape index (κ2) is 9.12. The minimum atomic E-state index is -4.81. The van der Waals surface area contributed by atoms with Gasteiger partial charge in [0.25, 0.3) is 5.91 Å². The van der Waals surface area contributed by atoms with Crippen LogP contribution in [0.1, 0.15) is 12.8 Å². The van der Waals surface area contributed by atoms with E-state index in [4.69, 9.17) is 14.1 Å². The third-order valence-electron chi connectivity index (χ3n) is 4.25. The quantitative estimate of drug-likeness (QED) is 0.246. The van der Waals surface area contributed by atoms with Crippen molar-refractivity contribution < 1.29 is 36.4 Å². The van der Waals surface area contributed by atoms with Crippen LogP contribution in [0.25, 0.3) is 0 Å². The molecule has 1 unspecified atom stereocenters. The van der Waals surface area contributed by atoms with Gasteiger partial charge in [0.1, 0.15) is 12.6 Å². The number of urea groups is 1. The van der Waals surface area contributed by atoms with Crippen LogP contribution in [0.3, 0.4) is 0 Å². The molecule has 14 heteroatoms. The molecule has 0 aromatic heterocycles. The number of carbonyl (C=O) groups is 2. The van der Waals surface area contributed by atoms with Crippen LogP contribution in [0.2, 0.25) is 0 Å². The van der Waals surface area contributed by atoms with E-state index in [9.17, 15) is 18.0 Å². The van der Waals surface area contributed by atoms with Crippen molar-refractivity contribution in [3.8, 4) is 0 Å². The van der Waals surface area contributed by atoms with E-state index in [1.807, 2.05) is 0 Å². The first-order chi connectivity index (χ1) is 11.8. The number of amides is 3. The number of carbonyl (C=O) groups excluding carboxylic acids is 2. The summed E-state index contributed by atoms with van der Waals surface area (Å²) in [5.41, 5.74) is 2.30. The first-order valence-corrected chi connectivity index (χ1v) is 9.22. The molecule has 0 radical (unpaired) electrons. The molecule has 12 nitrogen and oxygen atoms in total. The standard InChI is InChI=1S/C12H20N4O8S.Na.H/c17-11(14-23-7-9-5-13-3-4-22-9)10-2-1-8-6-15(10)12(18)16(8)24-25(19,20)21;;/h8-10,13H,1-7H2,(H,14,17)(H,19,20,21);;/t8-,9?,10+;;/m1../s1. The van der Waals surface area contributed by atoms with Gasteiger partial charge in [-0.1, -0.05) is 0 Å². The molecule has 3 rings (SSSR count). The van der Waals surface area contributed by atoms with Crippen molar-refractivity contribution in [2.45, 2.75) is 31.0 Å². The van der Waals surface area contributed by atoms with Gasteiger partial charge in [-0.25, -0.2) is 10.3 Å². The van der Waals surface area contributed by atoms with Crippen LogP contribution >= 0.6 is 0 Å². The second-order valence-corrected chi connectivity index (χ2v) is 6.99. The molecule has 3 heterocycles. The van der Waals surface area contributed by atoms with Crippen molar-refractivity contribution in [3.05, 3.63) is 0 Å². The van der Waals surface area contributed by atoms with Gasteiger partial charge in [0.15, 0.2) is 0 Å². The minimum absolute atomic E-state index is 0. The van der Waals surface area contributed by atoms with Gasteiger partial charge in [-0.2, -0.15) is 13.5 Å².